The maximum Gasteiger partial charge on any atom is 0.225 e. The number of benzene rings is 1. The van der Waals surface area contributed by atoms with E-state index in [-0.39, 0.29) is 17.9 Å². The lowest BCUT2D eigenvalue weighted by molar-refractivity contribution is -0.119. The fraction of sp³-hybridized carbons (Fsp3) is 0.300. The second-order valence-electron chi connectivity index (χ2n) is 6.85. The highest BCUT2D eigenvalue weighted by Gasteiger charge is 2.33. The van der Waals surface area contributed by atoms with E-state index in [9.17, 15) is 4.79 Å². The molecule has 5 nitrogen and oxygen atoms in total. The predicted molar refractivity (Wildman–Crippen MR) is 98.6 cm³/mol. The second kappa shape index (κ2) is 5.92. The molecule has 3 aromatic rings. The fourth-order valence-electron chi connectivity index (χ4n) is 3.84. The van der Waals surface area contributed by atoms with Crippen molar-refractivity contribution < 1.29 is 4.79 Å². The van der Waals surface area contributed by atoms with Crippen LogP contribution >= 0.6 is 0 Å². The molecule has 0 fully saturated rings. The van der Waals surface area contributed by atoms with Gasteiger partial charge in [-0.25, -0.2) is 4.98 Å². The van der Waals surface area contributed by atoms with E-state index in [0.29, 0.717) is 6.54 Å². The largest absolute Gasteiger partial charge is 0.369 e. The molecule has 0 spiro atoms. The number of pyridine rings is 1. The summed E-state index contributed by atoms with van der Waals surface area (Å²) in [6.07, 6.45) is 2.83. The third-order valence-electron chi connectivity index (χ3n) is 5.15. The van der Waals surface area contributed by atoms with Crippen LogP contribution in [0.2, 0.25) is 0 Å². The van der Waals surface area contributed by atoms with Crippen LogP contribution in [-0.4, -0.2) is 21.3 Å². The van der Waals surface area contributed by atoms with Gasteiger partial charge in [0, 0.05) is 23.6 Å². The zero-order chi connectivity index (χ0) is 17.6. The van der Waals surface area contributed by atoms with Crippen LogP contribution in [-0.2, 0) is 11.3 Å². The molecule has 0 unspecified atom stereocenters. The van der Waals surface area contributed by atoms with Crippen molar-refractivity contribution in [1.29, 1.82) is 0 Å². The molecule has 0 aliphatic carbocycles. The number of anilines is 1. The number of hydrogen-bond acceptors (Lipinski definition) is 3. The number of primary amides is 1. The number of amides is 1. The van der Waals surface area contributed by atoms with E-state index in [1.54, 1.807) is 0 Å². The van der Waals surface area contributed by atoms with Gasteiger partial charge >= 0.3 is 0 Å². The Morgan fingerprint density at radius 2 is 2.04 bits per heavy atom. The molecule has 2 aromatic heterocycles. The predicted octanol–water partition coefficient (Wildman–Crippen LogP) is 3.01. The first kappa shape index (κ1) is 15.7. The maximum absolute atomic E-state index is 11.9. The van der Waals surface area contributed by atoms with Crippen LogP contribution in [0.15, 0.2) is 48.7 Å². The molecule has 4 rings (SSSR count). The van der Waals surface area contributed by atoms with Gasteiger partial charge in [0.2, 0.25) is 5.91 Å². The summed E-state index contributed by atoms with van der Waals surface area (Å²) in [7, 11) is 0. The number of carbonyl (C=O) groups excluding carboxylic acids is 1. The zero-order valence-corrected chi connectivity index (χ0v) is 14.5. The van der Waals surface area contributed by atoms with Gasteiger partial charge in [0.05, 0.1) is 18.2 Å². The van der Waals surface area contributed by atoms with Crippen LogP contribution in [0.5, 0.6) is 0 Å². The van der Waals surface area contributed by atoms with Crippen molar-refractivity contribution in [3.8, 4) is 0 Å². The molecule has 25 heavy (non-hydrogen) atoms. The molecule has 0 saturated heterocycles. The van der Waals surface area contributed by atoms with Gasteiger partial charge in [-0.1, -0.05) is 24.3 Å². The Hall–Kier alpha value is -2.82. The van der Waals surface area contributed by atoms with Gasteiger partial charge in [0.25, 0.3) is 0 Å². The van der Waals surface area contributed by atoms with Crippen LogP contribution in [0.4, 0.5) is 5.69 Å². The number of aryl methyl sites for hydroxylation is 1. The molecule has 0 radical (unpaired) electrons. The van der Waals surface area contributed by atoms with Gasteiger partial charge in [-0.3, -0.25) is 4.79 Å². The van der Waals surface area contributed by atoms with Crippen molar-refractivity contribution in [2.75, 3.05) is 4.90 Å². The fourth-order valence-corrected chi connectivity index (χ4v) is 3.84. The number of aromatic nitrogens is 2. The Kier molecular flexibility index (Phi) is 3.71. The van der Waals surface area contributed by atoms with Crippen molar-refractivity contribution in [1.82, 2.24) is 9.38 Å². The van der Waals surface area contributed by atoms with E-state index >= 15 is 0 Å². The molecule has 1 aliphatic rings. The van der Waals surface area contributed by atoms with Crippen molar-refractivity contribution in [2.45, 2.75) is 38.8 Å². The number of para-hydroxylation sites is 1. The Morgan fingerprint density at radius 1 is 1.24 bits per heavy atom. The molecule has 1 aliphatic heterocycles. The highest BCUT2D eigenvalue weighted by atomic mass is 16.1. The Morgan fingerprint density at radius 3 is 2.80 bits per heavy atom. The van der Waals surface area contributed by atoms with Gasteiger partial charge in [-0.05, 0) is 44.0 Å². The average molecular weight is 334 g/mol. The van der Waals surface area contributed by atoms with E-state index in [4.69, 9.17) is 10.7 Å². The Bertz CT molecular complexity index is 946. The molecule has 128 valence electrons. The summed E-state index contributed by atoms with van der Waals surface area (Å²) in [5.74, 6) is -0.465. The number of imidazole rings is 1. The van der Waals surface area contributed by atoms with E-state index < -0.39 is 0 Å². The summed E-state index contributed by atoms with van der Waals surface area (Å²) in [5, 5.41) is 0. The molecule has 2 N–H and O–H groups in total. The highest BCUT2D eigenvalue weighted by Crippen LogP contribution is 2.38. The average Bonchev–Trinajstić information content (AvgIpc) is 3.01. The third kappa shape index (κ3) is 2.65. The third-order valence-corrected chi connectivity index (χ3v) is 5.15. The van der Waals surface area contributed by atoms with Crippen molar-refractivity contribution in [3.05, 3.63) is 65.6 Å². The van der Waals surface area contributed by atoms with E-state index in [2.05, 4.69) is 41.5 Å². The SMILES string of the molecule is Cc1cccc2nc(CN3c4ccccc4[C@@H](C(N)=O)C[C@H]3C)cn12. The quantitative estimate of drug-likeness (QED) is 0.801. The van der Waals surface area contributed by atoms with Gasteiger partial charge in [0.15, 0.2) is 0 Å². The molecule has 2 atom stereocenters. The summed E-state index contributed by atoms with van der Waals surface area (Å²) < 4.78 is 2.11. The minimum absolute atomic E-state index is 0.217. The number of nitrogens with zero attached hydrogens (tertiary/aromatic N) is 3. The molecule has 1 aromatic carbocycles. The van der Waals surface area contributed by atoms with E-state index in [1.165, 1.54) is 0 Å². The van der Waals surface area contributed by atoms with E-state index in [1.807, 2.05) is 30.3 Å². The summed E-state index contributed by atoms with van der Waals surface area (Å²) >= 11 is 0. The first-order valence-corrected chi connectivity index (χ1v) is 8.63. The monoisotopic (exact) mass is 334 g/mol. The van der Waals surface area contributed by atoms with Crippen molar-refractivity contribution in [2.24, 2.45) is 5.73 Å². The van der Waals surface area contributed by atoms with Gasteiger partial charge in [-0.15, -0.1) is 0 Å². The van der Waals surface area contributed by atoms with Crippen LogP contribution in [0.25, 0.3) is 5.65 Å². The summed E-state index contributed by atoms with van der Waals surface area (Å²) in [6, 6.07) is 14.4. The first-order valence-electron chi connectivity index (χ1n) is 8.63. The normalized spacial score (nSPS) is 19.8. The lowest BCUT2D eigenvalue weighted by Crippen LogP contribution is -2.41. The Balaban J connectivity index is 1.72. The summed E-state index contributed by atoms with van der Waals surface area (Å²) in [5.41, 5.74) is 10.9. The molecular weight excluding hydrogens is 312 g/mol. The number of nitrogens with two attached hydrogens (primary N) is 1. The van der Waals surface area contributed by atoms with Crippen LogP contribution in [0, 0.1) is 6.92 Å². The molecule has 1 amide bonds. The molecule has 5 heteroatoms. The van der Waals surface area contributed by atoms with Crippen molar-refractivity contribution in [3.63, 3.8) is 0 Å². The van der Waals surface area contributed by atoms with Gasteiger partial charge < -0.3 is 15.0 Å². The first-order chi connectivity index (χ1) is 12.0. The van der Waals surface area contributed by atoms with Crippen LogP contribution in [0.1, 0.15) is 36.2 Å². The topological polar surface area (TPSA) is 63.6 Å². The smallest absolute Gasteiger partial charge is 0.225 e. The number of rotatable bonds is 3. The lowest BCUT2D eigenvalue weighted by atomic mass is 9.85. The van der Waals surface area contributed by atoms with E-state index in [0.717, 1.165) is 34.7 Å². The molecule has 0 saturated carbocycles. The summed E-state index contributed by atoms with van der Waals surface area (Å²) in [6.45, 7) is 4.94. The Labute approximate surface area is 147 Å². The molecule has 0 bridgehead atoms. The number of hydrogen-bond donors (Lipinski definition) is 1. The van der Waals surface area contributed by atoms with Crippen LogP contribution < -0.4 is 10.6 Å². The molecular formula is C20H22N4O. The van der Waals surface area contributed by atoms with Crippen LogP contribution in [0.3, 0.4) is 0 Å². The standard InChI is InChI=1S/C20H22N4O/c1-13-6-5-9-19-22-15(12-24(13)19)11-23-14(2)10-17(20(21)25)16-7-3-4-8-18(16)23/h3-9,12,14,17H,10-11H2,1-2H3,(H2,21,25)/t14-,17+/m1/s1. The second-order valence-corrected chi connectivity index (χ2v) is 6.85. The minimum Gasteiger partial charge on any atom is -0.369 e. The summed E-state index contributed by atoms with van der Waals surface area (Å²) in [4.78, 5) is 19.0. The van der Waals surface area contributed by atoms with Gasteiger partial charge in [-0.2, -0.15) is 0 Å². The number of fused-ring (bicyclic) bond motifs is 2. The maximum atomic E-state index is 11.9. The lowest BCUT2D eigenvalue weighted by Gasteiger charge is -2.39. The minimum atomic E-state index is -0.248. The van der Waals surface area contributed by atoms with Gasteiger partial charge in [0.1, 0.15) is 5.65 Å². The number of carbonyl (C=O) groups is 1. The van der Waals surface area contributed by atoms with Crippen molar-refractivity contribution >= 4 is 17.2 Å². The molecule has 3 heterocycles. The highest BCUT2D eigenvalue weighted by molar-refractivity contribution is 5.85. The zero-order valence-electron chi connectivity index (χ0n) is 14.5.